The molecule has 7 nitrogen and oxygen atoms in total. The van der Waals surface area contributed by atoms with Crippen molar-refractivity contribution >= 4 is 63.8 Å². The van der Waals surface area contributed by atoms with Gasteiger partial charge in [-0.2, -0.15) is 0 Å². The molecule has 0 spiro atoms. The van der Waals surface area contributed by atoms with Crippen LogP contribution in [-0.4, -0.2) is 35.2 Å². The molecule has 3 aromatic rings. The summed E-state index contributed by atoms with van der Waals surface area (Å²) in [6.45, 7) is 1.77. The maximum absolute atomic E-state index is 13.3. The van der Waals surface area contributed by atoms with E-state index in [0.717, 1.165) is 22.7 Å². The number of halogens is 3. The van der Waals surface area contributed by atoms with Gasteiger partial charge in [0.2, 0.25) is 0 Å². The first-order valence-corrected chi connectivity index (χ1v) is 13.0. The number of hydrogen-bond donors (Lipinski definition) is 1. The van der Waals surface area contributed by atoms with Crippen LogP contribution in [0.25, 0.3) is 6.08 Å². The number of rotatable bonds is 9. The predicted octanol–water partition coefficient (Wildman–Crippen LogP) is 6.79. The van der Waals surface area contributed by atoms with Crippen molar-refractivity contribution in [3.8, 4) is 11.5 Å². The van der Waals surface area contributed by atoms with E-state index in [0.29, 0.717) is 39.9 Å². The third-order valence-corrected chi connectivity index (χ3v) is 6.88. The number of ether oxygens (including phenoxy) is 2. The van der Waals surface area contributed by atoms with E-state index in [9.17, 15) is 18.8 Å². The zero-order chi connectivity index (χ0) is 27.2. The molecule has 1 heterocycles. The number of imide groups is 1. The van der Waals surface area contributed by atoms with E-state index >= 15 is 0 Å². The SMILES string of the molecule is CCOc1cc(/C=C2\SC(=O)N(Cc3ccc(F)cc3Cl)C2=O)ccc1OCC(=O)Nc1ccccc1Cl. The minimum absolute atomic E-state index is 0.0750. The molecule has 0 radical (unpaired) electrons. The van der Waals surface area contributed by atoms with Crippen LogP contribution in [0, 0.1) is 5.82 Å². The zero-order valence-electron chi connectivity index (χ0n) is 20.0. The highest BCUT2D eigenvalue weighted by atomic mass is 35.5. The van der Waals surface area contributed by atoms with E-state index in [1.165, 1.54) is 12.1 Å². The average Bonchev–Trinajstić information content (AvgIpc) is 3.14. The topological polar surface area (TPSA) is 84.9 Å². The first-order chi connectivity index (χ1) is 18.2. The Morgan fingerprint density at radius 1 is 1.03 bits per heavy atom. The third-order valence-electron chi connectivity index (χ3n) is 5.29. The van der Waals surface area contributed by atoms with Gasteiger partial charge in [-0.25, -0.2) is 4.39 Å². The summed E-state index contributed by atoms with van der Waals surface area (Å²) >= 11 is 12.9. The van der Waals surface area contributed by atoms with Crippen molar-refractivity contribution in [3.05, 3.63) is 92.6 Å². The van der Waals surface area contributed by atoms with Gasteiger partial charge in [0.25, 0.3) is 17.1 Å². The van der Waals surface area contributed by atoms with E-state index in [2.05, 4.69) is 5.32 Å². The van der Waals surface area contributed by atoms with Crippen LogP contribution >= 0.6 is 35.0 Å². The number of para-hydroxylation sites is 1. The molecule has 11 heteroatoms. The summed E-state index contributed by atoms with van der Waals surface area (Å²) in [4.78, 5) is 39.0. The number of nitrogens with zero attached hydrogens (tertiary/aromatic N) is 1. The Morgan fingerprint density at radius 2 is 1.82 bits per heavy atom. The van der Waals surface area contributed by atoms with Crippen LogP contribution in [0.3, 0.4) is 0 Å². The molecule has 1 aliphatic heterocycles. The van der Waals surface area contributed by atoms with E-state index in [-0.39, 0.29) is 23.1 Å². The fraction of sp³-hybridized carbons (Fsp3) is 0.148. The molecule has 1 fully saturated rings. The third kappa shape index (κ3) is 6.66. The quantitative estimate of drug-likeness (QED) is 0.283. The minimum Gasteiger partial charge on any atom is -0.490 e. The molecule has 4 rings (SSSR count). The van der Waals surface area contributed by atoms with Gasteiger partial charge in [0, 0.05) is 5.02 Å². The summed E-state index contributed by atoms with van der Waals surface area (Å²) in [6, 6.07) is 15.6. The average molecular weight is 575 g/mol. The Bertz CT molecular complexity index is 1430. The van der Waals surface area contributed by atoms with Gasteiger partial charge in [-0.15, -0.1) is 0 Å². The summed E-state index contributed by atoms with van der Waals surface area (Å²) in [7, 11) is 0. The highest BCUT2D eigenvalue weighted by Gasteiger charge is 2.35. The number of hydrogen-bond acceptors (Lipinski definition) is 6. The molecule has 0 saturated carbocycles. The maximum atomic E-state index is 13.3. The normalized spacial score (nSPS) is 14.2. The molecule has 0 bridgehead atoms. The van der Waals surface area contributed by atoms with Crippen molar-refractivity contribution in [3.63, 3.8) is 0 Å². The molecule has 0 unspecified atom stereocenters. The highest BCUT2D eigenvalue weighted by Crippen LogP contribution is 2.36. The molecule has 3 amide bonds. The number of anilines is 1. The second kappa shape index (κ2) is 12.3. The summed E-state index contributed by atoms with van der Waals surface area (Å²) in [5.41, 5.74) is 1.51. The van der Waals surface area contributed by atoms with Gasteiger partial charge in [0.1, 0.15) is 5.82 Å². The molecule has 3 aromatic carbocycles. The van der Waals surface area contributed by atoms with Gasteiger partial charge >= 0.3 is 0 Å². The smallest absolute Gasteiger partial charge is 0.293 e. The number of carbonyl (C=O) groups is 3. The second-order valence-corrected chi connectivity index (χ2v) is 9.77. The molecule has 0 aliphatic carbocycles. The van der Waals surface area contributed by atoms with Crippen LogP contribution in [0.15, 0.2) is 65.6 Å². The van der Waals surface area contributed by atoms with Crippen molar-refractivity contribution in [2.24, 2.45) is 0 Å². The molecule has 38 heavy (non-hydrogen) atoms. The van der Waals surface area contributed by atoms with Crippen LogP contribution < -0.4 is 14.8 Å². The molecule has 196 valence electrons. The lowest BCUT2D eigenvalue weighted by molar-refractivity contribution is -0.123. The van der Waals surface area contributed by atoms with Gasteiger partial charge < -0.3 is 14.8 Å². The largest absolute Gasteiger partial charge is 0.490 e. The molecule has 1 N–H and O–H groups in total. The number of benzene rings is 3. The van der Waals surface area contributed by atoms with E-state index in [1.54, 1.807) is 55.5 Å². The van der Waals surface area contributed by atoms with Crippen molar-refractivity contribution in [2.75, 3.05) is 18.5 Å². The van der Waals surface area contributed by atoms with Crippen molar-refractivity contribution in [1.82, 2.24) is 4.90 Å². The fourth-order valence-corrected chi connectivity index (χ4v) is 4.75. The molecule has 0 aromatic heterocycles. The van der Waals surface area contributed by atoms with Gasteiger partial charge in [-0.05, 0) is 72.3 Å². The first-order valence-electron chi connectivity index (χ1n) is 11.4. The fourth-order valence-electron chi connectivity index (χ4n) is 3.50. The molecule has 1 aliphatic rings. The summed E-state index contributed by atoms with van der Waals surface area (Å²) in [5, 5.41) is 2.75. The second-order valence-electron chi connectivity index (χ2n) is 7.96. The zero-order valence-corrected chi connectivity index (χ0v) is 22.3. The lowest BCUT2D eigenvalue weighted by Gasteiger charge is -2.14. The van der Waals surface area contributed by atoms with E-state index < -0.39 is 22.9 Å². The first kappa shape index (κ1) is 27.5. The Labute approximate surface area is 232 Å². The maximum Gasteiger partial charge on any atom is 0.293 e. The molecular formula is C27H21Cl2FN2O5S. The number of amides is 3. The van der Waals surface area contributed by atoms with Crippen LogP contribution in [0.5, 0.6) is 11.5 Å². The molecule has 1 saturated heterocycles. The lowest BCUT2D eigenvalue weighted by Crippen LogP contribution is -2.27. The van der Waals surface area contributed by atoms with Gasteiger partial charge in [0.05, 0.1) is 28.8 Å². The van der Waals surface area contributed by atoms with Crippen LogP contribution in [0.4, 0.5) is 14.9 Å². The number of thioether (sulfide) groups is 1. The number of nitrogens with one attached hydrogen (secondary N) is 1. The Kier molecular flexibility index (Phi) is 8.93. The van der Waals surface area contributed by atoms with Crippen LogP contribution in [0.2, 0.25) is 10.0 Å². The summed E-state index contributed by atoms with van der Waals surface area (Å²) < 4.78 is 24.7. The Morgan fingerprint density at radius 3 is 2.55 bits per heavy atom. The van der Waals surface area contributed by atoms with Gasteiger partial charge in [0.15, 0.2) is 18.1 Å². The van der Waals surface area contributed by atoms with Crippen LogP contribution in [-0.2, 0) is 16.1 Å². The Balaban J connectivity index is 1.46. The monoisotopic (exact) mass is 574 g/mol. The van der Waals surface area contributed by atoms with E-state index in [4.69, 9.17) is 32.7 Å². The van der Waals surface area contributed by atoms with Gasteiger partial charge in [-0.1, -0.05) is 47.5 Å². The Hall–Kier alpha value is -3.53. The standard InChI is InChI=1S/C27H21Cl2FN2O5S/c1-2-36-23-11-16(7-10-22(23)37-15-25(33)31-21-6-4-3-5-19(21)28)12-24-26(34)32(27(35)38-24)14-17-8-9-18(30)13-20(17)29/h3-13H,2,14-15H2,1H3,(H,31,33)/b24-12-. The summed E-state index contributed by atoms with van der Waals surface area (Å²) in [5.74, 6) is -0.706. The van der Waals surface area contributed by atoms with E-state index in [1.807, 2.05) is 0 Å². The molecular weight excluding hydrogens is 554 g/mol. The number of carbonyl (C=O) groups excluding carboxylic acids is 3. The lowest BCUT2D eigenvalue weighted by atomic mass is 10.1. The van der Waals surface area contributed by atoms with Gasteiger partial charge in [-0.3, -0.25) is 19.3 Å². The van der Waals surface area contributed by atoms with Crippen molar-refractivity contribution in [2.45, 2.75) is 13.5 Å². The molecule has 0 atom stereocenters. The van der Waals surface area contributed by atoms with Crippen molar-refractivity contribution in [1.29, 1.82) is 0 Å². The predicted molar refractivity (Wildman–Crippen MR) is 146 cm³/mol. The highest BCUT2D eigenvalue weighted by molar-refractivity contribution is 8.18. The van der Waals surface area contributed by atoms with Crippen molar-refractivity contribution < 1.29 is 28.2 Å². The minimum atomic E-state index is -0.508. The van der Waals surface area contributed by atoms with Crippen LogP contribution in [0.1, 0.15) is 18.1 Å². The summed E-state index contributed by atoms with van der Waals surface area (Å²) in [6.07, 6.45) is 1.56.